The van der Waals surface area contributed by atoms with E-state index in [-0.39, 0.29) is 12.4 Å². The standard InChI is InChI=1S/C17H24N2O.ClH/c1-4-5-17(20)19-15-7-6-12(2)10-13(15)14-11-18(3)9-8-16(14)19;/h6-7,10,14,16H,4-5,8-9,11H2,1-3H3;1H/t14-,16-;/m0./s1. The quantitative estimate of drug-likeness (QED) is 0.836. The number of hydrogen-bond donors (Lipinski definition) is 0. The minimum absolute atomic E-state index is 0. The highest BCUT2D eigenvalue weighted by molar-refractivity contribution is 5.96. The Labute approximate surface area is 133 Å². The second-order valence-electron chi connectivity index (χ2n) is 6.30. The molecule has 0 aromatic heterocycles. The fourth-order valence-corrected chi connectivity index (χ4v) is 3.74. The van der Waals surface area contributed by atoms with Gasteiger partial charge in [-0.2, -0.15) is 0 Å². The van der Waals surface area contributed by atoms with Crippen molar-refractivity contribution in [3.63, 3.8) is 0 Å². The lowest BCUT2D eigenvalue weighted by atomic mass is 9.89. The molecule has 0 aliphatic carbocycles. The van der Waals surface area contributed by atoms with Gasteiger partial charge in [0.1, 0.15) is 0 Å². The molecule has 116 valence electrons. The van der Waals surface area contributed by atoms with Crippen LogP contribution in [0.15, 0.2) is 18.2 Å². The number of nitrogens with zero attached hydrogens (tertiary/aromatic N) is 2. The van der Waals surface area contributed by atoms with E-state index in [0.29, 0.717) is 24.3 Å². The Bertz CT molecular complexity index is 532. The maximum absolute atomic E-state index is 12.5. The topological polar surface area (TPSA) is 23.6 Å². The number of halogens is 1. The van der Waals surface area contributed by atoms with Gasteiger partial charge in [-0.25, -0.2) is 0 Å². The molecule has 2 aliphatic rings. The van der Waals surface area contributed by atoms with E-state index in [4.69, 9.17) is 0 Å². The number of carbonyl (C=O) groups excluding carboxylic acids is 1. The predicted molar refractivity (Wildman–Crippen MR) is 89.5 cm³/mol. The van der Waals surface area contributed by atoms with E-state index in [1.54, 1.807) is 0 Å². The molecule has 0 bridgehead atoms. The molecule has 1 aromatic rings. The van der Waals surface area contributed by atoms with Gasteiger partial charge in [-0.1, -0.05) is 24.6 Å². The highest BCUT2D eigenvalue weighted by Crippen LogP contribution is 2.45. The van der Waals surface area contributed by atoms with Gasteiger partial charge in [0.25, 0.3) is 0 Å². The first-order chi connectivity index (χ1) is 9.61. The average molecular weight is 309 g/mol. The first kappa shape index (κ1) is 16.3. The highest BCUT2D eigenvalue weighted by atomic mass is 35.5. The normalized spacial score (nSPS) is 24.2. The third-order valence-corrected chi connectivity index (χ3v) is 4.69. The van der Waals surface area contributed by atoms with Crippen molar-refractivity contribution < 1.29 is 4.79 Å². The molecule has 1 amide bonds. The Balaban J connectivity index is 0.00000161. The van der Waals surface area contributed by atoms with Crippen LogP contribution in [0.5, 0.6) is 0 Å². The van der Waals surface area contributed by atoms with Crippen LogP contribution in [0.3, 0.4) is 0 Å². The summed E-state index contributed by atoms with van der Waals surface area (Å²) in [7, 11) is 2.18. The van der Waals surface area contributed by atoms with Crippen LogP contribution in [-0.2, 0) is 4.79 Å². The number of piperidine rings is 1. The van der Waals surface area contributed by atoms with Crippen molar-refractivity contribution in [2.45, 2.75) is 45.1 Å². The van der Waals surface area contributed by atoms with Crippen LogP contribution in [-0.4, -0.2) is 37.0 Å². The third kappa shape index (κ3) is 2.82. The second-order valence-corrected chi connectivity index (χ2v) is 6.30. The number of anilines is 1. The summed E-state index contributed by atoms with van der Waals surface area (Å²) >= 11 is 0. The third-order valence-electron chi connectivity index (χ3n) is 4.69. The molecule has 1 saturated heterocycles. The summed E-state index contributed by atoms with van der Waals surface area (Å²) in [6, 6.07) is 6.94. The van der Waals surface area contributed by atoms with Gasteiger partial charge in [0, 0.05) is 30.6 Å². The van der Waals surface area contributed by atoms with E-state index in [9.17, 15) is 4.79 Å². The van der Waals surface area contributed by atoms with Crippen molar-refractivity contribution >= 4 is 24.0 Å². The smallest absolute Gasteiger partial charge is 0.227 e. The van der Waals surface area contributed by atoms with Gasteiger partial charge in [0.05, 0.1) is 0 Å². The molecule has 4 heteroatoms. The molecular weight excluding hydrogens is 284 g/mol. The van der Waals surface area contributed by atoms with E-state index in [1.807, 2.05) is 0 Å². The SMILES string of the molecule is CCCC(=O)N1c2ccc(C)cc2[C@@H]2CN(C)CC[C@@H]21.Cl. The molecule has 2 atom stereocenters. The summed E-state index contributed by atoms with van der Waals surface area (Å²) < 4.78 is 0. The number of fused-ring (bicyclic) bond motifs is 3. The van der Waals surface area contributed by atoms with Crippen molar-refractivity contribution in [3.05, 3.63) is 29.3 Å². The van der Waals surface area contributed by atoms with Crippen LogP contribution in [0.2, 0.25) is 0 Å². The fourth-order valence-electron chi connectivity index (χ4n) is 3.74. The number of likely N-dealkylation sites (N-methyl/N-ethyl adjacent to an activating group) is 1. The maximum atomic E-state index is 12.5. The molecule has 0 saturated carbocycles. The zero-order valence-electron chi connectivity index (χ0n) is 13.1. The molecule has 3 nitrogen and oxygen atoms in total. The minimum Gasteiger partial charge on any atom is -0.308 e. The lowest BCUT2D eigenvalue weighted by molar-refractivity contribution is -0.119. The van der Waals surface area contributed by atoms with Crippen LogP contribution in [0.1, 0.15) is 43.2 Å². The lowest BCUT2D eigenvalue weighted by Gasteiger charge is -2.36. The minimum atomic E-state index is 0. The van der Waals surface area contributed by atoms with E-state index >= 15 is 0 Å². The van der Waals surface area contributed by atoms with E-state index < -0.39 is 0 Å². The van der Waals surface area contributed by atoms with Gasteiger partial charge < -0.3 is 9.80 Å². The molecule has 0 radical (unpaired) electrons. The van der Waals surface area contributed by atoms with Crippen LogP contribution in [0.25, 0.3) is 0 Å². The number of amides is 1. The van der Waals surface area contributed by atoms with Crippen LogP contribution >= 0.6 is 12.4 Å². The Hall–Kier alpha value is -1.06. The Morgan fingerprint density at radius 2 is 2.14 bits per heavy atom. The monoisotopic (exact) mass is 308 g/mol. The summed E-state index contributed by atoms with van der Waals surface area (Å²) in [6.45, 7) is 6.37. The summed E-state index contributed by atoms with van der Waals surface area (Å²) in [4.78, 5) is 17.0. The summed E-state index contributed by atoms with van der Waals surface area (Å²) in [6.07, 6.45) is 2.67. The van der Waals surface area contributed by atoms with Gasteiger partial charge in [-0.15, -0.1) is 12.4 Å². The number of carbonyl (C=O) groups is 1. The van der Waals surface area contributed by atoms with Crippen LogP contribution in [0, 0.1) is 6.92 Å². The van der Waals surface area contributed by atoms with E-state index in [2.05, 4.69) is 48.9 Å². The van der Waals surface area contributed by atoms with Crippen molar-refractivity contribution in [1.29, 1.82) is 0 Å². The van der Waals surface area contributed by atoms with Crippen LogP contribution < -0.4 is 4.90 Å². The zero-order valence-corrected chi connectivity index (χ0v) is 13.9. The Morgan fingerprint density at radius 1 is 1.38 bits per heavy atom. The van der Waals surface area contributed by atoms with Crippen molar-refractivity contribution in [1.82, 2.24) is 4.90 Å². The molecule has 3 rings (SSSR count). The second kappa shape index (κ2) is 6.37. The van der Waals surface area contributed by atoms with Gasteiger partial charge in [0.15, 0.2) is 0 Å². The largest absolute Gasteiger partial charge is 0.308 e. The zero-order chi connectivity index (χ0) is 14.3. The number of likely N-dealkylation sites (tertiary alicyclic amines) is 1. The van der Waals surface area contributed by atoms with Crippen molar-refractivity contribution in [2.24, 2.45) is 0 Å². The first-order valence-electron chi connectivity index (χ1n) is 7.73. The van der Waals surface area contributed by atoms with Crippen molar-refractivity contribution in [2.75, 3.05) is 25.0 Å². The van der Waals surface area contributed by atoms with Gasteiger partial charge >= 0.3 is 0 Å². The number of hydrogen-bond acceptors (Lipinski definition) is 2. The molecular formula is C17H25ClN2O. The molecule has 1 aromatic carbocycles. The highest BCUT2D eigenvalue weighted by Gasteiger charge is 2.43. The molecule has 0 unspecified atom stereocenters. The number of aryl methyl sites for hydroxylation is 1. The van der Waals surface area contributed by atoms with Gasteiger partial charge in [0.2, 0.25) is 5.91 Å². The Kier molecular flexibility index (Phi) is 4.95. The molecule has 0 N–H and O–H groups in total. The number of rotatable bonds is 2. The lowest BCUT2D eigenvalue weighted by Crippen LogP contribution is -2.47. The molecule has 0 spiro atoms. The maximum Gasteiger partial charge on any atom is 0.227 e. The molecule has 1 fully saturated rings. The first-order valence-corrected chi connectivity index (χ1v) is 7.73. The van der Waals surface area contributed by atoms with Gasteiger partial charge in [-0.05, 0) is 45.0 Å². The fraction of sp³-hybridized carbons (Fsp3) is 0.588. The predicted octanol–water partition coefficient (Wildman–Crippen LogP) is 3.35. The summed E-state index contributed by atoms with van der Waals surface area (Å²) in [5, 5.41) is 0. The summed E-state index contributed by atoms with van der Waals surface area (Å²) in [5.74, 6) is 0.791. The van der Waals surface area contributed by atoms with Crippen molar-refractivity contribution in [3.8, 4) is 0 Å². The van der Waals surface area contributed by atoms with E-state index in [1.165, 1.54) is 16.8 Å². The average Bonchev–Trinajstić information content (AvgIpc) is 2.72. The summed E-state index contributed by atoms with van der Waals surface area (Å²) in [5.41, 5.74) is 3.84. The molecule has 2 heterocycles. The molecule has 2 aliphatic heterocycles. The number of benzene rings is 1. The van der Waals surface area contributed by atoms with Crippen LogP contribution in [0.4, 0.5) is 5.69 Å². The molecule has 21 heavy (non-hydrogen) atoms. The Morgan fingerprint density at radius 3 is 2.86 bits per heavy atom. The van der Waals surface area contributed by atoms with Gasteiger partial charge in [-0.3, -0.25) is 4.79 Å². The van der Waals surface area contributed by atoms with E-state index in [0.717, 1.165) is 25.9 Å².